The fraction of sp³-hybridized carbons (Fsp3) is 0.167. The molecule has 0 aliphatic rings. The van der Waals surface area contributed by atoms with Gasteiger partial charge in [-0.1, -0.05) is 36.4 Å². The SMILES string of the molecule is COC(=O)[C@H](CNC(=O)c1ccccc1)NC(=O)c1ccccc1. The standard InChI is InChI=1S/C18H18N2O4/c1-24-18(23)15(20-17(22)14-10-6-3-7-11-14)12-19-16(21)13-8-4-2-5-9-13/h2-11,15H,12H2,1H3,(H,19,21)(H,20,22)/t15-/m0/s1. The lowest BCUT2D eigenvalue weighted by atomic mass is 10.2. The molecule has 2 aromatic rings. The molecular weight excluding hydrogens is 308 g/mol. The van der Waals surface area contributed by atoms with Crippen LogP contribution in [0.2, 0.25) is 0 Å². The zero-order chi connectivity index (χ0) is 17.4. The van der Waals surface area contributed by atoms with E-state index in [0.29, 0.717) is 11.1 Å². The topological polar surface area (TPSA) is 84.5 Å². The maximum Gasteiger partial charge on any atom is 0.330 e. The minimum atomic E-state index is -0.977. The van der Waals surface area contributed by atoms with Gasteiger partial charge < -0.3 is 15.4 Å². The average Bonchev–Trinajstić information content (AvgIpc) is 2.65. The van der Waals surface area contributed by atoms with Gasteiger partial charge in [-0.15, -0.1) is 0 Å². The molecule has 2 N–H and O–H groups in total. The molecule has 0 unspecified atom stereocenters. The second-order valence-corrected chi connectivity index (χ2v) is 4.99. The first-order valence-corrected chi connectivity index (χ1v) is 7.39. The molecular formula is C18H18N2O4. The van der Waals surface area contributed by atoms with E-state index in [1.54, 1.807) is 60.7 Å². The molecule has 0 fully saturated rings. The van der Waals surface area contributed by atoms with Crippen LogP contribution in [-0.2, 0) is 9.53 Å². The molecule has 0 aliphatic heterocycles. The normalized spacial score (nSPS) is 11.2. The van der Waals surface area contributed by atoms with Crippen LogP contribution in [0.4, 0.5) is 0 Å². The summed E-state index contributed by atoms with van der Waals surface area (Å²) in [5.41, 5.74) is 0.885. The molecule has 0 aliphatic carbocycles. The molecule has 6 heteroatoms. The van der Waals surface area contributed by atoms with E-state index < -0.39 is 17.9 Å². The minimum Gasteiger partial charge on any atom is -0.467 e. The van der Waals surface area contributed by atoms with Crippen LogP contribution >= 0.6 is 0 Å². The molecule has 0 radical (unpaired) electrons. The molecule has 24 heavy (non-hydrogen) atoms. The van der Waals surface area contributed by atoms with E-state index in [0.717, 1.165) is 0 Å². The van der Waals surface area contributed by atoms with Crippen molar-refractivity contribution in [3.05, 3.63) is 71.8 Å². The van der Waals surface area contributed by atoms with E-state index in [9.17, 15) is 14.4 Å². The predicted octanol–water partition coefficient (Wildman–Crippen LogP) is 1.39. The summed E-state index contributed by atoms with van der Waals surface area (Å²) in [6, 6.07) is 16.1. The lowest BCUT2D eigenvalue weighted by Crippen LogP contribution is -2.49. The molecule has 0 saturated heterocycles. The number of carbonyl (C=O) groups excluding carboxylic acids is 3. The third kappa shape index (κ3) is 4.67. The van der Waals surface area contributed by atoms with Gasteiger partial charge in [-0.25, -0.2) is 4.79 Å². The number of hydrogen-bond donors (Lipinski definition) is 2. The molecule has 0 aromatic heterocycles. The van der Waals surface area contributed by atoms with Crippen LogP contribution in [0.15, 0.2) is 60.7 Å². The average molecular weight is 326 g/mol. The van der Waals surface area contributed by atoms with Crippen molar-refractivity contribution in [3.8, 4) is 0 Å². The number of amides is 2. The monoisotopic (exact) mass is 326 g/mol. The molecule has 2 rings (SSSR count). The van der Waals surface area contributed by atoms with Crippen molar-refractivity contribution in [2.75, 3.05) is 13.7 Å². The summed E-state index contributed by atoms with van der Waals surface area (Å²) in [6.45, 7) is -0.0705. The summed E-state index contributed by atoms with van der Waals surface area (Å²) < 4.78 is 4.68. The van der Waals surface area contributed by atoms with E-state index in [1.807, 2.05) is 0 Å². The third-order valence-corrected chi connectivity index (χ3v) is 3.33. The van der Waals surface area contributed by atoms with Crippen LogP contribution in [0.5, 0.6) is 0 Å². The molecule has 0 spiro atoms. The Balaban J connectivity index is 2.00. The van der Waals surface area contributed by atoms with Gasteiger partial charge >= 0.3 is 5.97 Å². The van der Waals surface area contributed by atoms with Crippen molar-refractivity contribution in [1.82, 2.24) is 10.6 Å². The minimum absolute atomic E-state index is 0.0705. The van der Waals surface area contributed by atoms with Crippen molar-refractivity contribution in [2.24, 2.45) is 0 Å². The Bertz CT molecular complexity index is 701. The van der Waals surface area contributed by atoms with Crippen molar-refractivity contribution >= 4 is 17.8 Å². The number of benzene rings is 2. The Morgan fingerprint density at radius 1 is 0.875 bits per heavy atom. The Morgan fingerprint density at radius 2 is 1.38 bits per heavy atom. The Labute approximate surface area is 139 Å². The van der Waals surface area contributed by atoms with E-state index in [4.69, 9.17) is 0 Å². The van der Waals surface area contributed by atoms with E-state index >= 15 is 0 Å². The smallest absolute Gasteiger partial charge is 0.330 e. The van der Waals surface area contributed by atoms with E-state index in [1.165, 1.54) is 7.11 Å². The first kappa shape index (κ1) is 17.2. The number of rotatable bonds is 6. The van der Waals surface area contributed by atoms with Gasteiger partial charge in [-0.2, -0.15) is 0 Å². The van der Waals surface area contributed by atoms with Crippen LogP contribution in [0.1, 0.15) is 20.7 Å². The number of hydrogen-bond acceptors (Lipinski definition) is 4. The zero-order valence-electron chi connectivity index (χ0n) is 13.2. The van der Waals surface area contributed by atoms with E-state index in [2.05, 4.69) is 15.4 Å². The quantitative estimate of drug-likeness (QED) is 0.786. The van der Waals surface area contributed by atoms with Gasteiger partial charge in [-0.3, -0.25) is 9.59 Å². The molecule has 1 atom stereocenters. The Kier molecular flexibility index (Phi) is 6.08. The number of esters is 1. The fourth-order valence-corrected chi connectivity index (χ4v) is 2.05. The summed E-state index contributed by atoms with van der Waals surface area (Å²) in [5.74, 6) is -1.38. The summed E-state index contributed by atoms with van der Waals surface area (Å²) in [7, 11) is 1.23. The number of ether oxygens (including phenoxy) is 1. The molecule has 124 valence electrons. The second-order valence-electron chi connectivity index (χ2n) is 4.99. The van der Waals surface area contributed by atoms with Gasteiger partial charge in [-0.05, 0) is 24.3 Å². The van der Waals surface area contributed by atoms with Crippen LogP contribution in [0.3, 0.4) is 0 Å². The number of nitrogens with one attached hydrogen (secondary N) is 2. The summed E-state index contributed by atoms with van der Waals surface area (Å²) >= 11 is 0. The maximum absolute atomic E-state index is 12.2. The molecule has 2 aromatic carbocycles. The highest BCUT2D eigenvalue weighted by molar-refractivity contribution is 5.97. The Hall–Kier alpha value is -3.15. The summed E-state index contributed by atoms with van der Waals surface area (Å²) in [4.78, 5) is 36.0. The van der Waals surface area contributed by atoms with Gasteiger partial charge in [0.05, 0.1) is 7.11 Å². The first-order valence-electron chi connectivity index (χ1n) is 7.39. The predicted molar refractivity (Wildman–Crippen MR) is 88.5 cm³/mol. The molecule has 2 amide bonds. The molecule has 6 nitrogen and oxygen atoms in total. The molecule has 0 heterocycles. The third-order valence-electron chi connectivity index (χ3n) is 3.33. The van der Waals surface area contributed by atoms with Crippen LogP contribution in [0, 0.1) is 0 Å². The lowest BCUT2D eigenvalue weighted by molar-refractivity contribution is -0.142. The van der Waals surface area contributed by atoms with Crippen molar-refractivity contribution in [2.45, 2.75) is 6.04 Å². The molecule has 0 bridgehead atoms. The van der Waals surface area contributed by atoms with Gasteiger partial charge in [0.25, 0.3) is 11.8 Å². The Morgan fingerprint density at radius 3 is 1.88 bits per heavy atom. The van der Waals surface area contributed by atoms with Gasteiger partial charge in [0.15, 0.2) is 0 Å². The van der Waals surface area contributed by atoms with E-state index in [-0.39, 0.29) is 12.5 Å². The van der Waals surface area contributed by atoms with Crippen LogP contribution in [-0.4, -0.2) is 37.5 Å². The first-order chi connectivity index (χ1) is 11.6. The van der Waals surface area contributed by atoms with Crippen molar-refractivity contribution in [1.29, 1.82) is 0 Å². The van der Waals surface area contributed by atoms with Gasteiger partial charge in [0, 0.05) is 17.7 Å². The highest BCUT2D eigenvalue weighted by Crippen LogP contribution is 2.01. The fourth-order valence-electron chi connectivity index (χ4n) is 2.05. The molecule has 0 saturated carbocycles. The highest BCUT2D eigenvalue weighted by Gasteiger charge is 2.23. The van der Waals surface area contributed by atoms with Gasteiger partial charge in [0.1, 0.15) is 6.04 Å². The van der Waals surface area contributed by atoms with Gasteiger partial charge in [0.2, 0.25) is 0 Å². The van der Waals surface area contributed by atoms with Crippen molar-refractivity contribution < 1.29 is 19.1 Å². The largest absolute Gasteiger partial charge is 0.467 e. The highest BCUT2D eigenvalue weighted by atomic mass is 16.5. The number of carbonyl (C=O) groups is 3. The second kappa shape index (κ2) is 8.47. The summed E-state index contributed by atoms with van der Waals surface area (Å²) in [5, 5.41) is 5.18. The lowest BCUT2D eigenvalue weighted by Gasteiger charge is -2.17. The van der Waals surface area contributed by atoms with Crippen LogP contribution in [0.25, 0.3) is 0 Å². The van der Waals surface area contributed by atoms with Crippen molar-refractivity contribution in [3.63, 3.8) is 0 Å². The summed E-state index contributed by atoms with van der Waals surface area (Å²) in [6.07, 6.45) is 0. The number of methoxy groups -OCH3 is 1. The van der Waals surface area contributed by atoms with Crippen LogP contribution < -0.4 is 10.6 Å². The maximum atomic E-state index is 12.2. The zero-order valence-corrected chi connectivity index (χ0v) is 13.2.